The quantitative estimate of drug-likeness (QED) is 0.812. The van der Waals surface area contributed by atoms with Gasteiger partial charge in [-0.15, -0.1) is 12.4 Å². The molecule has 2 fully saturated rings. The molecule has 1 saturated carbocycles. The maximum Gasteiger partial charge on any atom is 0.311 e. The van der Waals surface area contributed by atoms with Crippen LogP contribution in [0.3, 0.4) is 0 Å². The van der Waals surface area contributed by atoms with Crippen LogP contribution in [0.4, 0.5) is 0 Å². The van der Waals surface area contributed by atoms with Gasteiger partial charge in [0.15, 0.2) is 0 Å². The molecule has 1 heterocycles. The van der Waals surface area contributed by atoms with Crippen LogP contribution in [0.1, 0.15) is 46.5 Å². The molecule has 21 heavy (non-hydrogen) atoms. The highest BCUT2D eigenvalue weighted by molar-refractivity contribution is 5.85. The Balaban J connectivity index is 0.00000220. The average Bonchev–Trinajstić information content (AvgIpc) is 2.94. The van der Waals surface area contributed by atoms with E-state index >= 15 is 0 Å². The molecule has 2 unspecified atom stereocenters. The van der Waals surface area contributed by atoms with E-state index in [1.54, 1.807) is 0 Å². The van der Waals surface area contributed by atoms with E-state index < -0.39 is 11.4 Å². The zero-order valence-corrected chi connectivity index (χ0v) is 13.9. The summed E-state index contributed by atoms with van der Waals surface area (Å²) in [6.07, 6.45) is 3.63. The average molecular weight is 319 g/mol. The van der Waals surface area contributed by atoms with Crippen molar-refractivity contribution in [3.05, 3.63) is 0 Å². The number of nitrogens with zero attached hydrogens (tertiary/aromatic N) is 1. The van der Waals surface area contributed by atoms with Crippen LogP contribution >= 0.6 is 12.4 Å². The highest BCUT2D eigenvalue weighted by atomic mass is 35.5. The molecule has 0 aromatic carbocycles. The maximum atomic E-state index is 12.2. The standard InChI is InChI=1S/C15H26N2O3.ClH/c1-4-10(2)16-13(18)11(3)17-8-12-6-5-7-15(12,9-17)14(19)20;/h10-12H,4-9H2,1-3H3,(H,16,18)(H,19,20);1H/t10?,11?,12-,15+;/m0./s1. The number of carboxylic acid groups (broad SMARTS) is 1. The van der Waals surface area contributed by atoms with Crippen LogP contribution < -0.4 is 5.32 Å². The first-order chi connectivity index (χ1) is 9.40. The molecule has 2 aliphatic rings. The third kappa shape index (κ3) is 3.34. The third-order valence-corrected chi connectivity index (χ3v) is 5.25. The number of aliphatic carboxylic acids is 1. The second-order valence-electron chi connectivity index (χ2n) is 6.47. The number of rotatable bonds is 5. The van der Waals surface area contributed by atoms with Crippen molar-refractivity contribution < 1.29 is 14.7 Å². The van der Waals surface area contributed by atoms with Gasteiger partial charge in [0.05, 0.1) is 11.5 Å². The van der Waals surface area contributed by atoms with Crippen LogP contribution in [-0.4, -0.2) is 47.1 Å². The van der Waals surface area contributed by atoms with E-state index in [9.17, 15) is 14.7 Å². The van der Waals surface area contributed by atoms with E-state index in [4.69, 9.17) is 0 Å². The Morgan fingerprint density at radius 2 is 2.10 bits per heavy atom. The molecular weight excluding hydrogens is 292 g/mol. The Hall–Kier alpha value is -0.810. The predicted molar refractivity (Wildman–Crippen MR) is 83.6 cm³/mol. The molecule has 0 bridgehead atoms. The van der Waals surface area contributed by atoms with E-state index in [-0.39, 0.29) is 36.3 Å². The van der Waals surface area contributed by atoms with Crippen LogP contribution in [0, 0.1) is 11.3 Å². The molecule has 0 radical (unpaired) electrons. The molecule has 1 saturated heterocycles. The fourth-order valence-corrected chi connectivity index (χ4v) is 3.60. The number of likely N-dealkylation sites (tertiary alicyclic amines) is 1. The zero-order valence-electron chi connectivity index (χ0n) is 13.1. The largest absolute Gasteiger partial charge is 0.481 e. The minimum atomic E-state index is -0.683. The van der Waals surface area contributed by atoms with E-state index in [1.807, 2.05) is 20.8 Å². The molecule has 0 aromatic heterocycles. The van der Waals surface area contributed by atoms with Crippen molar-refractivity contribution in [1.29, 1.82) is 0 Å². The van der Waals surface area contributed by atoms with Gasteiger partial charge in [-0.3, -0.25) is 14.5 Å². The lowest BCUT2D eigenvalue weighted by molar-refractivity contribution is -0.149. The summed E-state index contributed by atoms with van der Waals surface area (Å²) in [6.45, 7) is 7.16. The summed E-state index contributed by atoms with van der Waals surface area (Å²) in [5.74, 6) is -0.462. The molecule has 2 rings (SSSR count). The first-order valence-electron chi connectivity index (χ1n) is 7.68. The first-order valence-corrected chi connectivity index (χ1v) is 7.68. The van der Waals surface area contributed by atoms with Gasteiger partial charge in [0.25, 0.3) is 0 Å². The summed E-state index contributed by atoms with van der Waals surface area (Å²) in [7, 11) is 0. The summed E-state index contributed by atoms with van der Waals surface area (Å²) < 4.78 is 0. The Bertz CT molecular complexity index is 404. The van der Waals surface area contributed by atoms with Crippen LogP contribution in [0.5, 0.6) is 0 Å². The number of carbonyl (C=O) groups excluding carboxylic acids is 1. The van der Waals surface area contributed by atoms with Crippen molar-refractivity contribution in [3.8, 4) is 0 Å². The molecular formula is C15H27ClN2O3. The van der Waals surface area contributed by atoms with Gasteiger partial charge in [-0.1, -0.05) is 13.3 Å². The van der Waals surface area contributed by atoms with Crippen molar-refractivity contribution in [3.63, 3.8) is 0 Å². The molecule has 5 nitrogen and oxygen atoms in total. The topological polar surface area (TPSA) is 69.6 Å². The molecule has 0 spiro atoms. The number of hydrogen-bond acceptors (Lipinski definition) is 3. The van der Waals surface area contributed by atoms with Gasteiger partial charge in [0.2, 0.25) is 5.91 Å². The highest BCUT2D eigenvalue weighted by Crippen LogP contribution is 2.49. The normalized spacial score (nSPS) is 31.1. The summed E-state index contributed by atoms with van der Waals surface area (Å²) in [5.41, 5.74) is -0.606. The second-order valence-corrected chi connectivity index (χ2v) is 6.47. The molecule has 1 amide bonds. The predicted octanol–water partition coefficient (Wildman–Crippen LogP) is 1.90. The highest BCUT2D eigenvalue weighted by Gasteiger charge is 2.55. The van der Waals surface area contributed by atoms with Crippen molar-refractivity contribution in [2.45, 2.75) is 58.5 Å². The Kier molecular flexibility index (Phi) is 6.05. The molecule has 1 aliphatic heterocycles. The number of carbonyl (C=O) groups is 2. The minimum Gasteiger partial charge on any atom is -0.481 e. The lowest BCUT2D eigenvalue weighted by atomic mass is 9.81. The fraction of sp³-hybridized carbons (Fsp3) is 0.867. The van der Waals surface area contributed by atoms with Gasteiger partial charge in [-0.2, -0.15) is 0 Å². The van der Waals surface area contributed by atoms with Crippen molar-refractivity contribution in [1.82, 2.24) is 10.2 Å². The van der Waals surface area contributed by atoms with E-state index in [0.717, 1.165) is 32.2 Å². The minimum absolute atomic E-state index is 0. The van der Waals surface area contributed by atoms with Gasteiger partial charge >= 0.3 is 5.97 Å². The van der Waals surface area contributed by atoms with E-state index in [1.165, 1.54) is 0 Å². The first kappa shape index (κ1) is 18.2. The van der Waals surface area contributed by atoms with E-state index in [0.29, 0.717) is 6.54 Å². The van der Waals surface area contributed by atoms with Gasteiger partial charge in [-0.05, 0) is 39.0 Å². The number of amides is 1. The monoisotopic (exact) mass is 318 g/mol. The molecule has 6 heteroatoms. The number of halogens is 1. The summed E-state index contributed by atoms with van der Waals surface area (Å²) >= 11 is 0. The van der Waals surface area contributed by atoms with Gasteiger partial charge in [0.1, 0.15) is 0 Å². The molecule has 1 aliphatic carbocycles. The molecule has 2 N–H and O–H groups in total. The summed E-state index contributed by atoms with van der Waals surface area (Å²) in [5, 5.41) is 12.6. The number of nitrogens with one attached hydrogen (secondary N) is 1. The van der Waals surface area contributed by atoms with Crippen LogP contribution in [-0.2, 0) is 9.59 Å². The molecule has 122 valence electrons. The summed E-state index contributed by atoms with van der Waals surface area (Å²) in [6, 6.07) is -0.0775. The van der Waals surface area contributed by atoms with Gasteiger partial charge in [-0.25, -0.2) is 0 Å². The van der Waals surface area contributed by atoms with Crippen LogP contribution in [0.25, 0.3) is 0 Å². The fourth-order valence-electron chi connectivity index (χ4n) is 3.60. The number of carboxylic acids is 1. The van der Waals surface area contributed by atoms with Gasteiger partial charge in [0, 0.05) is 19.1 Å². The Morgan fingerprint density at radius 3 is 2.62 bits per heavy atom. The lowest BCUT2D eigenvalue weighted by Gasteiger charge is -2.27. The van der Waals surface area contributed by atoms with Crippen molar-refractivity contribution >= 4 is 24.3 Å². The second kappa shape index (κ2) is 6.97. The lowest BCUT2D eigenvalue weighted by Crippen LogP contribution is -2.47. The van der Waals surface area contributed by atoms with Crippen LogP contribution in [0.15, 0.2) is 0 Å². The van der Waals surface area contributed by atoms with E-state index in [2.05, 4.69) is 10.2 Å². The number of fused-ring (bicyclic) bond motifs is 1. The van der Waals surface area contributed by atoms with Gasteiger partial charge < -0.3 is 10.4 Å². The van der Waals surface area contributed by atoms with Crippen molar-refractivity contribution in [2.24, 2.45) is 11.3 Å². The number of hydrogen-bond donors (Lipinski definition) is 2. The van der Waals surface area contributed by atoms with Crippen LogP contribution in [0.2, 0.25) is 0 Å². The molecule has 4 atom stereocenters. The third-order valence-electron chi connectivity index (χ3n) is 5.25. The Labute approximate surface area is 132 Å². The summed E-state index contributed by atoms with van der Waals surface area (Å²) in [4.78, 5) is 25.9. The van der Waals surface area contributed by atoms with Crippen molar-refractivity contribution in [2.75, 3.05) is 13.1 Å². The SMILES string of the molecule is CCC(C)NC(=O)C(C)N1C[C@@H]2CCC[C@@]2(C(=O)O)C1.Cl. The molecule has 0 aromatic rings. The maximum absolute atomic E-state index is 12.2. The zero-order chi connectivity index (χ0) is 14.9. The smallest absolute Gasteiger partial charge is 0.311 e. The Morgan fingerprint density at radius 1 is 1.43 bits per heavy atom.